The SMILES string of the molecule is CC(=O)NC1C(O)OC(CO)C(OC2OC(CO)C(O)C(O)C2O)C1O. The van der Waals surface area contributed by atoms with Crippen molar-refractivity contribution in [2.75, 3.05) is 13.2 Å². The number of nitrogens with one attached hydrogen (secondary N) is 1. The van der Waals surface area contributed by atoms with Gasteiger partial charge in [0, 0.05) is 6.92 Å². The Morgan fingerprint density at radius 1 is 0.923 bits per heavy atom. The Labute approximate surface area is 148 Å². The third-order valence-corrected chi connectivity index (χ3v) is 4.38. The maximum absolute atomic E-state index is 11.2. The van der Waals surface area contributed by atoms with Gasteiger partial charge < -0.3 is 55.3 Å². The number of hydrogen-bond acceptors (Lipinski definition) is 11. The molecule has 8 N–H and O–H groups in total. The smallest absolute Gasteiger partial charge is 0.217 e. The topological polar surface area (TPSA) is 198 Å². The van der Waals surface area contributed by atoms with Gasteiger partial charge in [-0.25, -0.2) is 0 Å². The number of ether oxygens (including phenoxy) is 3. The molecule has 0 aromatic carbocycles. The molecule has 2 fully saturated rings. The van der Waals surface area contributed by atoms with Gasteiger partial charge in [-0.3, -0.25) is 4.79 Å². The van der Waals surface area contributed by atoms with Gasteiger partial charge in [-0.2, -0.15) is 0 Å². The molecule has 2 saturated heterocycles. The highest BCUT2D eigenvalue weighted by Crippen LogP contribution is 2.28. The van der Waals surface area contributed by atoms with Crippen LogP contribution in [0, 0.1) is 0 Å². The minimum Gasteiger partial charge on any atom is -0.394 e. The summed E-state index contributed by atoms with van der Waals surface area (Å²) in [6.07, 6.45) is -13.6. The van der Waals surface area contributed by atoms with Crippen molar-refractivity contribution in [3.63, 3.8) is 0 Å². The van der Waals surface area contributed by atoms with Crippen molar-refractivity contribution in [1.82, 2.24) is 5.32 Å². The highest BCUT2D eigenvalue weighted by Gasteiger charge is 2.50. The van der Waals surface area contributed by atoms with Gasteiger partial charge >= 0.3 is 0 Å². The molecule has 0 aromatic rings. The first-order valence-corrected chi connectivity index (χ1v) is 8.06. The number of carbonyl (C=O) groups is 1. The third kappa shape index (κ3) is 4.31. The summed E-state index contributed by atoms with van der Waals surface area (Å²) in [6, 6.07) is -1.29. The van der Waals surface area contributed by atoms with E-state index in [1.54, 1.807) is 0 Å². The van der Waals surface area contributed by atoms with Crippen molar-refractivity contribution in [1.29, 1.82) is 0 Å². The molecule has 0 aliphatic carbocycles. The van der Waals surface area contributed by atoms with E-state index in [2.05, 4.69) is 5.32 Å². The third-order valence-electron chi connectivity index (χ3n) is 4.38. The summed E-state index contributed by atoms with van der Waals surface area (Å²) in [5, 5.41) is 70.7. The molecule has 2 heterocycles. The second-order valence-electron chi connectivity index (χ2n) is 6.26. The van der Waals surface area contributed by atoms with E-state index in [1.165, 1.54) is 0 Å². The summed E-state index contributed by atoms with van der Waals surface area (Å²) < 4.78 is 15.7. The lowest BCUT2D eigenvalue weighted by atomic mass is 9.95. The van der Waals surface area contributed by atoms with Crippen molar-refractivity contribution < 1.29 is 54.8 Å². The molecule has 12 heteroatoms. The molecule has 0 spiro atoms. The summed E-state index contributed by atoms with van der Waals surface area (Å²) in [5.74, 6) is -0.564. The van der Waals surface area contributed by atoms with Crippen LogP contribution in [0.5, 0.6) is 0 Å². The Bertz CT molecular complexity index is 478. The van der Waals surface area contributed by atoms with Gasteiger partial charge in [0.1, 0.15) is 48.8 Å². The lowest BCUT2D eigenvalue weighted by Crippen LogP contribution is -2.67. The summed E-state index contributed by atoms with van der Waals surface area (Å²) in [7, 11) is 0. The molecular weight excluding hydrogens is 358 g/mol. The van der Waals surface area contributed by atoms with Crippen LogP contribution in [-0.4, -0.2) is 116 Å². The molecule has 12 nitrogen and oxygen atoms in total. The molecule has 10 atom stereocenters. The molecule has 0 radical (unpaired) electrons. The fourth-order valence-electron chi connectivity index (χ4n) is 2.98. The highest BCUT2D eigenvalue weighted by atomic mass is 16.7. The van der Waals surface area contributed by atoms with Crippen LogP contribution in [0.25, 0.3) is 0 Å². The lowest BCUT2D eigenvalue weighted by Gasteiger charge is -2.46. The zero-order valence-corrected chi connectivity index (χ0v) is 14.0. The van der Waals surface area contributed by atoms with Crippen molar-refractivity contribution in [3.05, 3.63) is 0 Å². The van der Waals surface area contributed by atoms with Gasteiger partial charge in [-0.15, -0.1) is 0 Å². The van der Waals surface area contributed by atoms with Crippen molar-refractivity contribution >= 4 is 5.91 Å². The number of amides is 1. The predicted molar refractivity (Wildman–Crippen MR) is 80.2 cm³/mol. The molecule has 2 aliphatic rings. The van der Waals surface area contributed by atoms with Crippen LogP contribution >= 0.6 is 0 Å². The quantitative estimate of drug-likeness (QED) is 0.226. The molecule has 26 heavy (non-hydrogen) atoms. The van der Waals surface area contributed by atoms with E-state index in [1.807, 2.05) is 0 Å². The van der Waals surface area contributed by atoms with E-state index < -0.39 is 80.5 Å². The highest BCUT2D eigenvalue weighted by molar-refractivity contribution is 5.73. The second kappa shape index (κ2) is 8.84. The van der Waals surface area contributed by atoms with Crippen LogP contribution in [0.15, 0.2) is 0 Å². The molecule has 0 aromatic heterocycles. The van der Waals surface area contributed by atoms with Crippen molar-refractivity contribution in [2.24, 2.45) is 0 Å². The van der Waals surface area contributed by atoms with E-state index >= 15 is 0 Å². The minimum absolute atomic E-state index is 0.564. The van der Waals surface area contributed by atoms with Gasteiger partial charge in [-0.1, -0.05) is 0 Å². The maximum atomic E-state index is 11.2. The Morgan fingerprint density at radius 3 is 2.08 bits per heavy atom. The van der Waals surface area contributed by atoms with Crippen molar-refractivity contribution in [2.45, 2.75) is 68.3 Å². The molecular formula is C14H25NO11. The van der Waals surface area contributed by atoms with Gasteiger partial charge in [0.05, 0.1) is 13.2 Å². The molecule has 152 valence electrons. The van der Waals surface area contributed by atoms with E-state index in [0.717, 1.165) is 6.92 Å². The Hall–Kier alpha value is -0.930. The van der Waals surface area contributed by atoms with Gasteiger partial charge in [0.2, 0.25) is 5.91 Å². The van der Waals surface area contributed by atoms with E-state index in [9.17, 15) is 40.5 Å². The zero-order valence-electron chi connectivity index (χ0n) is 14.0. The van der Waals surface area contributed by atoms with Gasteiger partial charge in [-0.05, 0) is 0 Å². The molecule has 0 saturated carbocycles. The van der Waals surface area contributed by atoms with Crippen LogP contribution in [0.1, 0.15) is 6.92 Å². The largest absolute Gasteiger partial charge is 0.394 e. The van der Waals surface area contributed by atoms with Crippen LogP contribution in [0.2, 0.25) is 0 Å². The first-order valence-electron chi connectivity index (χ1n) is 8.06. The first-order chi connectivity index (χ1) is 12.2. The van der Waals surface area contributed by atoms with Crippen LogP contribution in [-0.2, 0) is 19.0 Å². The molecule has 0 bridgehead atoms. The number of rotatable bonds is 5. The Kier molecular flexibility index (Phi) is 7.27. The van der Waals surface area contributed by atoms with E-state index in [0.29, 0.717) is 0 Å². The molecule has 2 rings (SSSR count). The van der Waals surface area contributed by atoms with Crippen LogP contribution in [0.4, 0.5) is 0 Å². The van der Waals surface area contributed by atoms with E-state index in [4.69, 9.17) is 14.2 Å². The number of aliphatic hydroxyl groups excluding tert-OH is 7. The van der Waals surface area contributed by atoms with Gasteiger partial charge in [0.25, 0.3) is 0 Å². The Morgan fingerprint density at radius 2 is 1.54 bits per heavy atom. The molecule has 1 amide bonds. The number of hydrogen-bond donors (Lipinski definition) is 8. The maximum Gasteiger partial charge on any atom is 0.217 e. The van der Waals surface area contributed by atoms with Crippen LogP contribution in [0.3, 0.4) is 0 Å². The minimum atomic E-state index is -1.73. The normalized spacial score (nSPS) is 46.8. The predicted octanol–water partition coefficient (Wildman–Crippen LogP) is -5.25. The summed E-state index contributed by atoms with van der Waals surface area (Å²) in [4.78, 5) is 11.2. The van der Waals surface area contributed by atoms with Crippen LogP contribution < -0.4 is 5.32 Å². The molecule has 2 aliphatic heterocycles. The van der Waals surface area contributed by atoms with Gasteiger partial charge in [0.15, 0.2) is 12.6 Å². The Balaban J connectivity index is 2.16. The summed E-state index contributed by atoms with van der Waals surface area (Å²) in [6.45, 7) is -0.195. The molecule has 10 unspecified atom stereocenters. The monoisotopic (exact) mass is 383 g/mol. The number of carbonyl (C=O) groups excluding carboxylic acids is 1. The van der Waals surface area contributed by atoms with Crippen molar-refractivity contribution in [3.8, 4) is 0 Å². The second-order valence-corrected chi connectivity index (χ2v) is 6.26. The fraction of sp³-hybridized carbons (Fsp3) is 0.929. The number of aliphatic hydroxyl groups is 7. The first kappa shape index (κ1) is 21.4. The zero-order chi connectivity index (χ0) is 19.6. The fourth-order valence-corrected chi connectivity index (χ4v) is 2.98. The standard InChI is InChI=1S/C14H25NO11/c1-4(18)15-7-9(20)12(6(3-17)24-13(7)23)26-14-11(22)10(21)8(19)5(2-16)25-14/h5-14,16-17,19-23H,2-3H2,1H3,(H,15,18). The summed E-state index contributed by atoms with van der Waals surface area (Å²) in [5.41, 5.74) is 0. The average molecular weight is 383 g/mol. The summed E-state index contributed by atoms with van der Waals surface area (Å²) >= 11 is 0. The van der Waals surface area contributed by atoms with E-state index in [-0.39, 0.29) is 0 Å². The average Bonchev–Trinajstić information content (AvgIpc) is 2.60. The lowest BCUT2D eigenvalue weighted by molar-refractivity contribution is -0.345.